The number of primary amides is 1. The van der Waals surface area contributed by atoms with Gasteiger partial charge in [0.25, 0.3) is 0 Å². The lowest BCUT2D eigenvalue weighted by atomic mass is 10.0. The number of nitrogens with zero attached hydrogens (tertiary/aromatic N) is 1. The van der Waals surface area contributed by atoms with Gasteiger partial charge in [-0.3, -0.25) is 4.79 Å². The van der Waals surface area contributed by atoms with Gasteiger partial charge in [0, 0.05) is 11.3 Å². The van der Waals surface area contributed by atoms with E-state index in [1.165, 1.54) is 11.1 Å². The first-order chi connectivity index (χ1) is 11.5. The number of nitrogens with two attached hydrogens (primary N) is 2. The number of rotatable bonds is 6. The fraction of sp³-hybridized carbons (Fsp3) is 0.263. The fourth-order valence-corrected chi connectivity index (χ4v) is 2.52. The van der Waals surface area contributed by atoms with Crippen LogP contribution >= 0.6 is 24.0 Å². The Kier molecular flexibility index (Phi) is 8.40. The predicted molar refractivity (Wildman–Crippen MR) is 115 cm³/mol. The Morgan fingerprint density at radius 2 is 1.56 bits per heavy atom. The number of halogens is 1. The van der Waals surface area contributed by atoms with E-state index in [1.54, 1.807) is 12.1 Å². The number of aliphatic imine (C=N–C) groups is 1. The van der Waals surface area contributed by atoms with Crippen molar-refractivity contribution in [1.29, 1.82) is 0 Å². The highest BCUT2D eigenvalue weighted by atomic mass is 127. The van der Waals surface area contributed by atoms with E-state index in [0.29, 0.717) is 18.1 Å². The second-order valence-electron chi connectivity index (χ2n) is 5.55. The summed E-state index contributed by atoms with van der Waals surface area (Å²) in [5, 5.41) is 3.23. The Morgan fingerprint density at radius 3 is 2.04 bits per heavy atom. The lowest BCUT2D eigenvalue weighted by Gasteiger charge is -2.14. The van der Waals surface area contributed by atoms with Crippen molar-refractivity contribution >= 4 is 41.5 Å². The van der Waals surface area contributed by atoms with Crippen molar-refractivity contribution in [3.63, 3.8) is 0 Å². The van der Waals surface area contributed by atoms with Crippen molar-refractivity contribution in [1.82, 2.24) is 0 Å². The van der Waals surface area contributed by atoms with Gasteiger partial charge in [0.2, 0.25) is 5.91 Å². The minimum absolute atomic E-state index is 0. The standard InChI is InChI=1S/C19H24N4O.HI/c1-3-14-6-5-7-15(4-2)17(14)23-19(21)22-12-13-8-10-16(11-9-13)18(20)24;/h5-11H,3-4,12H2,1-2H3,(H2,20,24)(H3,21,22,23);1H. The number of guanidine groups is 1. The lowest BCUT2D eigenvalue weighted by Crippen LogP contribution is -2.24. The molecule has 25 heavy (non-hydrogen) atoms. The third kappa shape index (κ3) is 5.74. The molecule has 2 aromatic rings. The van der Waals surface area contributed by atoms with Crippen molar-refractivity contribution in [2.24, 2.45) is 16.5 Å². The van der Waals surface area contributed by atoms with Crippen LogP contribution in [0.2, 0.25) is 0 Å². The van der Waals surface area contributed by atoms with Gasteiger partial charge in [-0.15, -0.1) is 24.0 Å². The van der Waals surface area contributed by atoms with Gasteiger partial charge in [0.1, 0.15) is 0 Å². The van der Waals surface area contributed by atoms with E-state index in [0.717, 1.165) is 24.1 Å². The molecule has 0 heterocycles. The van der Waals surface area contributed by atoms with Crippen LogP contribution in [0.15, 0.2) is 47.5 Å². The van der Waals surface area contributed by atoms with Gasteiger partial charge in [0.05, 0.1) is 6.54 Å². The van der Waals surface area contributed by atoms with Crippen molar-refractivity contribution in [2.75, 3.05) is 5.32 Å². The molecule has 134 valence electrons. The predicted octanol–water partition coefficient (Wildman–Crippen LogP) is 3.46. The Hall–Kier alpha value is -2.09. The summed E-state index contributed by atoms with van der Waals surface area (Å²) >= 11 is 0. The summed E-state index contributed by atoms with van der Waals surface area (Å²) in [6.45, 7) is 4.68. The van der Waals surface area contributed by atoms with E-state index >= 15 is 0 Å². The summed E-state index contributed by atoms with van der Waals surface area (Å²) in [4.78, 5) is 15.4. The summed E-state index contributed by atoms with van der Waals surface area (Å²) in [6, 6.07) is 13.3. The van der Waals surface area contributed by atoms with Gasteiger partial charge in [-0.1, -0.05) is 44.2 Å². The number of hydrogen-bond acceptors (Lipinski definition) is 2. The number of para-hydroxylation sites is 1. The quantitative estimate of drug-likeness (QED) is 0.356. The summed E-state index contributed by atoms with van der Waals surface area (Å²) in [7, 11) is 0. The molecule has 6 heteroatoms. The zero-order valence-corrected chi connectivity index (χ0v) is 16.9. The molecule has 0 radical (unpaired) electrons. The molecule has 0 aliphatic heterocycles. The first-order valence-electron chi connectivity index (χ1n) is 8.11. The Balaban J connectivity index is 0.00000312. The summed E-state index contributed by atoms with van der Waals surface area (Å²) in [6.07, 6.45) is 1.86. The minimum Gasteiger partial charge on any atom is -0.370 e. The van der Waals surface area contributed by atoms with Crippen LogP contribution in [0.3, 0.4) is 0 Å². The SMILES string of the molecule is CCc1cccc(CC)c1NC(N)=NCc1ccc(C(N)=O)cc1.I. The molecule has 0 aliphatic rings. The highest BCUT2D eigenvalue weighted by Crippen LogP contribution is 2.22. The molecule has 2 rings (SSSR count). The summed E-state index contributed by atoms with van der Waals surface area (Å²) in [5.74, 6) is -0.0564. The zero-order chi connectivity index (χ0) is 17.5. The fourth-order valence-electron chi connectivity index (χ4n) is 2.52. The molecule has 5 N–H and O–H groups in total. The molecule has 0 saturated heterocycles. The molecular formula is C19H25IN4O. The molecule has 5 nitrogen and oxygen atoms in total. The van der Waals surface area contributed by atoms with Gasteiger partial charge < -0.3 is 16.8 Å². The molecule has 1 amide bonds. The summed E-state index contributed by atoms with van der Waals surface area (Å²) in [5.41, 5.74) is 16.2. The van der Waals surface area contributed by atoms with Crippen LogP contribution in [0.5, 0.6) is 0 Å². The number of anilines is 1. The van der Waals surface area contributed by atoms with Crippen LogP contribution in [0.1, 0.15) is 40.9 Å². The monoisotopic (exact) mass is 452 g/mol. The van der Waals surface area contributed by atoms with Crippen LogP contribution in [0.4, 0.5) is 5.69 Å². The van der Waals surface area contributed by atoms with E-state index in [4.69, 9.17) is 11.5 Å². The van der Waals surface area contributed by atoms with Crippen LogP contribution in [-0.2, 0) is 19.4 Å². The molecule has 0 unspecified atom stereocenters. The molecule has 0 aromatic heterocycles. The van der Waals surface area contributed by atoms with Gasteiger partial charge in [-0.2, -0.15) is 0 Å². The molecule has 0 saturated carbocycles. The van der Waals surface area contributed by atoms with E-state index in [9.17, 15) is 4.79 Å². The number of amides is 1. The third-order valence-electron chi connectivity index (χ3n) is 3.92. The third-order valence-corrected chi connectivity index (χ3v) is 3.92. The molecule has 0 bridgehead atoms. The molecule has 0 atom stereocenters. The Bertz CT molecular complexity index is 719. The molecule has 0 aliphatic carbocycles. The van der Waals surface area contributed by atoms with Gasteiger partial charge in [-0.25, -0.2) is 4.99 Å². The second kappa shape index (κ2) is 10.0. The van der Waals surface area contributed by atoms with Gasteiger partial charge in [0.15, 0.2) is 5.96 Å². The highest BCUT2D eigenvalue weighted by Gasteiger charge is 2.07. The molecular weight excluding hydrogens is 427 g/mol. The lowest BCUT2D eigenvalue weighted by molar-refractivity contribution is 0.100. The normalized spacial score (nSPS) is 10.9. The largest absolute Gasteiger partial charge is 0.370 e. The number of carbonyl (C=O) groups is 1. The van der Waals surface area contributed by atoms with Crippen molar-refractivity contribution in [2.45, 2.75) is 33.2 Å². The highest BCUT2D eigenvalue weighted by molar-refractivity contribution is 14.0. The average Bonchev–Trinajstić information content (AvgIpc) is 2.60. The summed E-state index contributed by atoms with van der Waals surface area (Å²) < 4.78 is 0. The topological polar surface area (TPSA) is 93.5 Å². The Morgan fingerprint density at radius 1 is 1.00 bits per heavy atom. The van der Waals surface area contributed by atoms with Crippen LogP contribution < -0.4 is 16.8 Å². The number of carbonyl (C=O) groups excluding carboxylic acids is 1. The molecule has 2 aromatic carbocycles. The average molecular weight is 452 g/mol. The number of nitrogens with one attached hydrogen (secondary N) is 1. The van der Waals surface area contributed by atoms with E-state index < -0.39 is 5.91 Å². The van der Waals surface area contributed by atoms with E-state index in [-0.39, 0.29) is 24.0 Å². The van der Waals surface area contributed by atoms with Gasteiger partial charge in [-0.05, 0) is 41.7 Å². The number of aryl methyl sites for hydroxylation is 2. The van der Waals surface area contributed by atoms with Crippen LogP contribution in [-0.4, -0.2) is 11.9 Å². The second-order valence-corrected chi connectivity index (χ2v) is 5.55. The maximum atomic E-state index is 11.1. The Labute approximate surface area is 165 Å². The van der Waals surface area contributed by atoms with Crippen LogP contribution in [0, 0.1) is 0 Å². The number of benzene rings is 2. The molecule has 0 spiro atoms. The minimum atomic E-state index is -0.436. The van der Waals surface area contributed by atoms with Crippen molar-refractivity contribution < 1.29 is 4.79 Å². The van der Waals surface area contributed by atoms with Crippen molar-refractivity contribution in [3.8, 4) is 0 Å². The van der Waals surface area contributed by atoms with E-state index in [1.807, 2.05) is 12.1 Å². The van der Waals surface area contributed by atoms with Crippen molar-refractivity contribution in [3.05, 3.63) is 64.7 Å². The maximum absolute atomic E-state index is 11.1. The number of hydrogen-bond donors (Lipinski definition) is 3. The smallest absolute Gasteiger partial charge is 0.248 e. The first-order valence-corrected chi connectivity index (χ1v) is 8.11. The maximum Gasteiger partial charge on any atom is 0.248 e. The van der Waals surface area contributed by atoms with Gasteiger partial charge >= 0.3 is 0 Å². The first kappa shape index (κ1) is 21.0. The zero-order valence-electron chi connectivity index (χ0n) is 14.6. The molecule has 0 fully saturated rings. The van der Waals surface area contributed by atoms with Crippen LogP contribution in [0.25, 0.3) is 0 Å². The van der Waals surface area contributed by atoms with E-state index in [2.05, 4.69) is 42.4 Å².